The van der Waals surface area contributed by atoms with Gasteiger partial charge in [-0.2, -0.15) is 0 Å². The molecule has 3 aliphatic heterocycles. The van der Waals surface area contributed by atoms with Crippen molar-refractivity contribution in [2.45, 2.75) is 13.3 Å². The highest BCUT2D eigenvalue weighted by Crippen LogP contribution is 2.40. The Morgan fingerprint density at radius 2 is 1.70 bits per heavy atom. The van der Waals surface area contributed by atoms with Crippen molar-refractivity contribution < 1.29 is 9.63 Å². The first kappa shape index (κ1) is 22.1. The van der Waals surface area contributed by atoms with Crippen molar-refractivity contribution in [3.8, 4) is 0 Å². The Morgan fingerprint density at radius 1 is 0.970 bits per heavy atom. The van der Waals surface area contributed by atoms with Crippen molar-refractivity contribution in [3.05, 3.63) is 63.8 Å². The van der Waals surface area contributed by atoms with Crippen molar-refractivity contribution in [2.75, 3.05) is 56.5 Å². The van der Waals surface area contributed by atoms with Gasteiger partial charge in [0.2, 0.25) is 0 Å². The van der Waals surface area contributed by atoms with Crippen LogP contribution in [0, 0.1) is 0 Å². The van der Waals surface area contributed by atoms with Crippen LogP contribution in [0.5, 0.6) is 0 Å². The van der Waals surface area contributed by atoms with Gasteiger partial charge in [0.25, 0.3) is 5.91 Å². The number of hydrogen-bond donors (Lipinski definition) is 2. The minimum absolute atomic E-state index is 0.143. The highest BCUT2D eigenvalue weighted by Gasteiger charge is 2.34. The average Bonchev–Trinajstić information content (AvgIpc) is 3.34. The van der Waals surface area contributed by atoms with Gasteiger partial charge >= 0.3 is 0 Å². The summed E-state index contributed by atoms with van der Waals surface area (Å²) in [5, 5.41) is 10.9. The van der Waals surface area contributed by atoms with Crippen LogP contribution in [0.25, 0.3) is 5.57 Å². The summed E-state index contributed by atoms with van der Waals surface area (Å²) < 4.78 is 0.917. The van der Waals surface area contributed by atoms with Crippen LogP contribution >= 0.6 is 15.9 Å². The third kappa shape index (κ3) is 4.55. The second kappa shape index (κ2) is 9.67. The molecule has 5 rings (SSSR count). The molecule has 1 saturated heterocycles. The van der Waals surface area contributed by atoms with E-state index in [2.05, 4.69) is 48.4 Å². The quantitative estimate of drug-likeness (QED) is 0.350. The molecular weight excluding hydrogens is 482 g/mol. The van der Waals surface area contributed by atoms with Gasteiger partial charge in [-0.15, -0.1) is 0 Å². The topological polar surface area (TPSA) is 69.2 Å². The van der Waals surface area contributed by atoms with Gasteiger partial charge in [-0.1, -0.05) is 46.2 Å². The predicted molar refractivity (Wildman–Crippen MR) is 135 cm³/mol. The third-order valence-corrected chi connectivity index (χ3v) is 6.81. The number of allylic oxidation sites excluding steroid dienone is 1. The van der Waals surface area contributed by atoms with Crippen molar-refractivity contribution >= 4 is 44.5 Å². The predicted octanol–water partition coefficient (Wildman–Crippen LogP) is 3.99. The van der Waals surface area contributed by atoms with Crippen LogP contribution in [0.1, 0.15) is 24.5 Å². The molecule has 2 aromatic rings. The smallest absolute Gasteiger partial charge is 0.258 e. The number of carbonyl (C=O) groups excluding carboxylic acids is 1. The Labute approximate surface area is 202 Å². The van der Waals surface area contributed by atoms with Crippen LogP contribution in [-0.4, -0.2) is 67.3 Å². The van der Waals surface area contributed by atoms with E-state index in [1.165, 1.54) is 13.0 Å². The number of oxime groups is 1. The Bertz CT molecular complexity index is 1120. The Hall–Kier alpha value is -2.68. The number of nitrogens with one attached hydrogen (secondary N) is 2. The zero-order chi connectivity index (χ0) is 22.8. The minimum Gasteiger partial charge on any atom is -0.394 e. The van der Waals surface area contributed by atoms with Crippen molar-refractivity contribution in [1.29, 1.82) is 0 Å². The van der Waals surface area contributed by atoms with E-state index in [1.54, 1.807) is 0 Å². The normalized spacial score (nSPS) is 21.6. The minimum atomic E-state index is -0.143. The van der Waals surface area contributed by atoms with E-state index in [1.807, 2.05) is 42.5 Å². The van der Waals surface area contributed by atoms with Crippen LogP contribution < -0.4 is 10.6 Å². The van der Waals surface area contributed by atoms with Crippen LogP contribution in [0.4, 0.5) is 11.4 Å². The molecule has 0 bridgehead atoms. The lowest BCUT2D eigenvalue weighted by atomic mass is 10.0. The van der Waals surface area contributed by atoms with Gasteiger partial charge < -0.3 is 20.4 Å². The number of nitrogens with zero attached hydrogens (tertiary/aromatic N) is 3. The lowest BCUT2D eigenvalue weighted by Crippen LogP contribution is -2.47. The van der Waals surface area contributed by atoms with Crippen LogP contribution in [0.3, 0.4) is 0 Å². The first-order chi connectivity index (χ1) is 16.1. The second-order valence-electron chi connectivity index (χ2n) is 8.52. The lowest BCUT2D eigenvalue weighted by molar-refractivity contribution is -0.110. The summed E-state index contributed by atoms with van der Waals surface area (Å²) in [5.41, 5.74) is 5.43. The molecule has 0 spiro atoms. The molecule has 0 aliphatic carbocycles. The fourth-order valence-electron chi connectivity index (χ4n) is 4.62. The number of piperazine rings is 1. The molecule has 0 unspecified atom stereocenters. The zero-order valence-electron chi connectivity index (χ0n) is 18.7. The summed E-state index contributed by atoms with van der Waals surface area (Å²) in [7, 11) is 0. The summed E-state index contributed by atoms with van der Waals surface area (Å²) in [5.74, 6) is -0.143. The van der Waals surface area contributed by atoms with Gasteiger partial charge in [0.15, 0.2) is 0 Å². The van der Waals surface area contributed by atoms with Crippen molar-refractivity contribution in [3.63, 3.8) is 0 Å². The summed E-state index contributed by atoms with van der Waals surface area (Å²) in [6.07, 6.45) is 1.20. The second-order valence-corrected chi connectivity index (χ2v) is 9.44. The van der Waals surface area contributed by atoms with E-state index in [0.717, 1.165) is 59.7 Å². The highest BCUT2D eigenvalue weighted by molar-refractivity contribution is 9.10. The van der Waals surface area contributed by atoms with E-state index < -0.39 is 0 Å². The average molecular weight is 510 g/mol. The molecule has 0 saturated carbocycles. The van der Waals surface area contributed by atoms with Crippen LogP contribution in [-0.2, 0) is 9.63 Å². The lowest BCUT2D eigenvalue weighted by Gasteiger charge is -2.34. The maximum Gasteiger partial charge on any atom is 0.258 e. The molecule has 0 aromatic heterocycles. The van der Waals surface area contributed by atoms with Gasteiger partial charge in [-0.3, -0.25) is 9.69 Å². The van der Waals surface area contributed by atoms with Crippen molar-refractivity contribution in [2.24, 2.45) is 5.16 Å². The number of para-hydroxylation sites is 1. The molecule has 0 atom stereocenters. The molecule has 3 heterocycles. The molecule has 2 aromatic carbocycles. The maximum atomic E-state index is 12.9. The molecule has 1 amide bonds. The zero-order valence-corrected chi connectivity index (χ0v) is 20.3. The number of fused-ring (bicyclic) bond motifs is 2. The Morgan fingerprint density at radius 3 is 2.48 bits per heavy atom. The summed E-state index contributed by atoms with van der Waals surface area (Å²) in [6, 6.07) is 13.7. The molecular formula is C25H28BrN5O2. The monoisotopic (exact) mass is 509 g/mol. The van der Waals surface area contributed by atoms with Gasteiger partial charge in [-0.05, 0) is 37.2 Å². The SMILES string of the molecule is CCCN1CCN(CCO/N=C2/C(=C3/C(=O)Nc4ccc(Br)cc43)Nc3ccccc32)CC1. The number of rotatable bonds is 6. The third-order valence-electron chi connectivity index (χ3n) is 6.31. The number of halogens is 1. The molecule has 33 heavy (non-hydrogen) atoms. The van der Waals surface area contributed by atoms with Gasteiger partial charge in [0.1, 0.15) is 12.3 Å². The molecule has 2 N–H and O–H groups in total. The molecule has 172 valence electrons. The summed E-state index contributed by atoms with van der Waals surface area (Å²) >= 11 is 3.52. The first-order valence-electron chi connectivity index (χ1n) is 11.5. The van der Waals surface area contributed by atoms with E-state index in [9.17, 15) is 4.79 Å². The number of anilines is 2. The van der Waals surface area contributed by atoms with Gasteiger partial charge in [0.05, 0.1) is 11.3 Å². The summed E-state index contributed by atoms with van der Waals surface area (Å²) in [4.78, 5) is 23.6. The Balaban J connectivity index is 1.35. The summed E-state index contributed by atoms with van der Waals surface area (Å²) in [6.45, 7) is 9.10. The standard InChI is InChI=1S/C25H28BrN5O2/c1-2-9-30-10-12-31(13-11-30)14-15-33-29-23-18-5-3-4-6-20(18)27-24(23)22-19-16-17(26)7-8-21(19)28-25(22)32/h3-8,16,27H,2,9-15H2,1H3,(H,28,32)/b24-22-,29-23+. The molecule has 1 fully saturated rings. The van der Waals surface area contributed by atoms with Crippen LogP contribution in [0.15, 0.2) is 57.8 Å². The van der Waals surface area contributed by atoms with E-state index in [0.29, 0.717) is 23.6 Å². The number of hydrogen-bond acceptors (Lipinski definition) is 6. The molecule has 7 nitrogen and oxygen atoms in total. The van der Waals surface area contributed by atoms with E-state index in [-0.39, 0.29) is 5.91 Å². The molecule has 0 radical (unpaired) electrons. The number of benzene rings is 2. The molecule has 8 heteroatoms. The fraction of sp³-hybridized carbons (Fsp3) is 0.360. The first-order valence-corrected chi connectivity index (χ1v) is 12.3. The van der Waals surface area contributed by atoms with Gasteiger partial charge in [0, 0.05) is 59.7 Å². The molecule has 3 aliphatic rings. The van der Waals surface area contributed by atoms with E-state index >= 15 is 0 Å². The Kier molecular flexibility index (Phi) is 6.48. The highest BCUT2D eigenvalue weighted by atomic mass is 79.9. The fourth-order valence-corrected chi connectivity index (χ4v) is 4.98. The van der Waals surface area contributed by atoms with Crippen LogP contribution in [0.2, 0.25) is 0 Å². The van der Waals surface area contributed by atoms with Gasteiger partial charge in [-0.25, -0.2) is 0 Å². The number of carbonyl (C=O) groups is 1. The maximum absolute atomic E-state index is 12.9. The van der Waals surface area contributed by atoms with E-state index in [4.69, 9.17) is 4.84 Å². The number of amides is 1. The van der Waals surface area contributed by atoms with Crippen molar-refractivity contribution in [1.82, 2.24) is 9.80 Å². The largest absolute Gasteiger partial charge is 0.394 e.